The summed E-state index contributed by atoms with van der Waals surface area (Å²) < 4.78 is 9.81. The van der Waals surface area contributed by atoms with Gasteiger partial charge in [0.15, 0.2) is 12.5 Å². The Balaban J connectivity index is 2.41. The van der Waals surface area contributed by atoms with Crippen LogP contribution < -0.4 is 0 Å². The van der Waals surface area contributed by atoms with Gasteiger partial charge in [-0.25, -0.2) is 9.79 Å². The molecule has 0 spiro atoms. The summed E-state index contributed by atoms with van der Waals surface area (Å²) in [4.78, 5) is 14.9. The topological polar surface area (TPSA) is 47.9 Å². The summed E-state index contributed by atoms with van der Waals surface area (Å²) in [5.41, 5.74) is 0. The van der Waals surface area contributed by atoms with Crippen LogP contribution in [-0.4, -0.2) is 25.1 Å². The quantitative estimate of drug-likeness (QED) is 0.572. The van der Waals surface area contributed by atoms with Crippen molar-refractivity contribution in [1.82, 2.24) is 0 Å². The minimum absolute atomic E-state index is 0.144. The van der Waals surface area contributed by atoms with Crippen LogP contribution in [0.25, 0.3) is 0 Å². The molecule has 0 bridgehead atoms. The van der Waals surface area contributed by atoms with Crippen molar-refractivity contribution in [2.24, 2.45) is 4.99 Å². The van der Waals surface area contributed by atoms with Crippen LogP contribution in [0, 0.1) is 0 Å². The zero-order valence-electron chi connectivity index (χ0n) is 8.26. The van der Waals surface area contributed by atoms with Gasteiger partial charge in [-0.1, -0.05) is 23.2 Å². The summed E-state index contributed by atoms with van der Waals surface area (Å²) in [5.74, 6) is -0.00516. The van der Waals surface area contributed by atoms with Crippen LogP contribution in [0.15, 0.2) is 15.2 Å². The van der Waals surface area contributed by atoms with Crippen LogP contribution in [-0.2, 0) is 14.3 Å². The lowest BCUT2D eigenvalue weighted by Gasteiger charge is -2.12. The Labute approximate surface area is 97.9 Å². The summed E-state index contributed by atoms with van der Waals surface area (Å²) >= 11 is 11.4. The Hall–Kier alpha value is -0.740. The molecule has 0 amide bonds. The molecule has 1 aliphatic rings. The highest BCUT2D eigenvalue weighted by Crippen LogP contribution is 2.25. The maximum Gasteiger partial charge on any atom is 0.344 e. The highest BCUT2D eigenvalue weighted by molar-refractivity contribution is 6.39. The van der Waals surface area contributed by atoms with Gasteiger partial charge in [0.2, 0.25) is 0 Å². The Morgan fingerprint density at radius 3 is 2.80 bits per heavy atom. The molecule has 0 saturated heterocycles. The van der Waals surface area contributed by atoms with Gasteiger partial charge in [0, 0.05) is 6.42 Å². The number of carbonyl (C=O) groups is 1. The number of ether oxygens (including phenoxy) is 2. The third kappa shape index (κ3) is 4.10. The van der Waals surface area contributed by atoms with Crippen molar-refractivity contribution in [3.63, 3.8) is 0 Å². The molecule has 0 aromatic rings. The first-order valence-electron chi connectivity index (χ1n) is 4.53. The predicted molar refractivity (Wildman–Crippen MR) is 58.0 cm³/mol. The fourth-order valence-corrected chi connectivity index (χ4v) is 1.32. The van der Waals surface area contributed by atoms with E-state index in [0.717, 1.165) is 0 Å². The van der Waals surface area contributed by atoms with Crippen molar-refractivity contribution in [2.45, 2.75) is 19.8 Å². The van der Waals surface area contributed by atoms with Crippen LogP contribution in [0.4, 0.5) is 0 Å². The minimum Gasteiger partial charge on any atom is -0.469 e. The van der Waals surface area contributed by atoms with Gasteiger partial charge < -0.3 is 9.47 Å². The number of nitrogens with zero attached hydrogens (tertiary/aromatic N) is 1. The molecule has 0 N–H and O–H groups in total. The van der Waals surface area contributed by atoms with E-state index in [9.17, 15) is 4.79 Å². The van der Waals surface area contributed by atoms with E-state index in [1.807, 2.05) is 0 Å². The van der Waals surface area contributed by atoms with E-state index in [0.29, 0.717) is 30.4 Å². The molecule has 0 saturated carbocycles. The average Bonchev–Trinajstić information content (AvgIpc) is 2.20. The van der Waals surface area contributed by atoms with Crippen LogP contribution in [0.3, 0.4) is 0 Å². The van der Waals surface area contributed by atoms with E-state index >= 15 is 0 Å². The Bertz CT molecular complexity index is 312. The summed E-state index contributed by atoms with van der Waals surface area (Å²) in [5, 5.41) is 0.738. The zero-order chi connectivity index (χ0) is 11.3. The molecule has 0 fully saturated rings. The number of hydrogen-bond acceptors (Lipinski definition) is 4. The first kappa shape index (κ1) is 12.3. The van der Waals surface area contributed by atoms with Crippen molar-refractivity contribution < 1.29 is 14.3 Å². The van der Waals surface area contributed by atoms with E-state index in [2.05, 4.69) is 4.99 Å². The molecule has 84 valence electrons. The van der Waals surface area contributed by atoms with E-state index in [-0.39, 0.29) is 11.8 Å². The zero-order valence-corrected chi connectivity index (χ0v) is 9.77. The normalized spacial score (nSPS) is 16.1. The second-order valence-electron chi connectivity index (χ2n) is 2.79. The molecule has 0 radical (unpaired) electrons. The second kappa shape index (κ2) is 5.98. The van der Waals surface area contributed by atoms with E-state index in [4.69, 9.17) is 32.7 Å². The smallest absolute Gasteiger partial charge is 0.344 e. The molecule has 0 atom stereocenters. The fraction of sp³-hybridized carbons (Fsp3) is 0.556. The van der Waals surface area contributed by atoms with Crippen molar-refractivity contribution in [3.05, 3.63) is 10.2 Å². The number of hydrogen-bond donors (Lipinski definition) is 0. The number of halogens is 2. The maximum atomic E-state index is 11.0. The van der Waals surface area contributed by atoms with E-state index in [1.54, 1.807) is 6.92 Å². The van der Waals surface area contributed by atoms with Gasteiger partial charge in [0.25, 0.3) is 0 Å². The largest absolute Gasteiger partial charge is 0.469 e. The molecule has 6 heteroatoms. The molecular weight excluding hydrogens is 241 g/mol. The Morgan fingerprint density at radius 1 is 1.47 bits per heavy atom. The summed E-state index contributed by atoms with van der Waals surface area (Å²) in [6.07, 6.45) is 1.14. The maximum absolute atomic E-state index is 11.0. The lowest BCUT2D eigenvalue weighted by molar-refractivity contribution is -0.145. The van der Waals surface area contributed by atoms with Crippen molar-refractivity contribution in [3.8, 4) is 0 Å². The van der Waals surface area contributed by atoms with Gasteiger partial charge >= 0.3 is 5.97 Å². The molecular formula is C9H11Cl2NO3. The van der Waals surface area contributed by atoms with Gasteiger partial charge in [-0.05, 0) is 13.3 Å². The molecule has 0 unspecified atom stereocenters. The molecule has 1 aliphatic heterocycles. The van der Waals surface area contributed by atoms with Gasteiger partial charge in [-0.3, -0.25) is 0 Å². The third-order valence-electron chi connectivity index (χ3n) is 1.67. The van der Waals surface area contributed by atoms with Gasteiger partial charge in [0.1, 0.15) is 5.16 Å². The molecule has 4 nitrogen and oxygen atoms in total. The second-order valence-corrected chi connectivity index (χ2v) is 3.61. The number of allylic oxidation sites excluding steroid dienone is 1. The summed E-state index contributed by atoms with van der Waals surface area (Å²) in [7, 11) is 0. The summed E-state index contributed by atoms with van der Waals surface area (Å²) in [6, 6.07) is 0. The number of carbonyl (C=O) groups excluding carboxylic acids is 1. The fourth-order valence-electron chi connectivity index (χ4n) is 0.995. The number of aliphatic imine (C=N–C) groups is 1. The molecule has 0 aromatic heterocycles. The molecule has 0 aromatic carbocycles. The van der Waals surface area contributed by atoms with Gasteiger partial charge in [-0.2, -0.15) is 0 Å². The molecule has 0 aliphatic carbocycles. The van der Waals surface area contributed by atoms with Crippen LogP contribution >= 0.6 is 23.2 Å². The standard InChI is InChI=1S/C9H11Cl2NO3/c1-2-14-8(13)5-15-7-4-3-6(10)9(11)12-7/h2-5H2,1H3. The first-order chi connectivity index (χ1) is 7.13. The van der Waals surface area contributed by atoms with Gasteiger partial charge in [-0.15, -0.1) is 0 Å². The van der Waals surface area contributed by atoms with Gasteiger partial charge in [0.05, 0.1) is 11.6 Å². The van der Waals surface area contributed by atoms with E-state index in [1.165, 1.54) is 0 Å². The first-order valence-corrected chi connectivity index (χ1v) is 5.29. The third-order valence-corrected chi connectivity index (χ3v) is 2.44. The lowest BCUT2D eigenvalue weighted by Crippen LogP contribution is -2.17. The lowest BCUT2D eigenvalue weighted by atomic mass is 10.2. The van der Waals surface area contributed by atoms with Crippen molar-refractivity contribution in [1.29, 1.82) is 0 Å². The van der Waals surface area contributed by atoms with E-state index < -0.39 is 5.97 Å². The molecule has 15 heavy (non-hydrogen) atoms. The Kier molecular flexibility index (Phi) is 4.91. The molecule has 1 rings (SSSR count). The minimum atomic E-state index is -0.419. The summed E-state index contributed by atoms with van der Waals surface area (Å²) in [6.45, 7) is 1.92. The predicted octanol–water partition coefficient (Wildman–Crippen LogP) is 2.41. The monoisotopic (exact) mass is 251 g/mol. The highest BCUT2D eigenvalue weighted by atomic mass is 35.5. The Morgan fingerprint density at radius 2 is 2.20 bits per heavy atom. The number of rotatable bonds is 3. The van der Waals surface area contributed by atoms with Crippen molar-refractivity contribution in [2.75, 3.05) is 13.2 Å². The SMILES string of the molecule is CCOC(=O)COC1=NC(Cl)=C(Cl)CC1. The molecule has 1 heterocycles. The van der Waals surface area contributed by atoms with Crippen LogP contribution in [0.2, 0.25) is 0 Å². The highest BCUT2D eigenvalue weighted by Gasteiger charge is 2.14. The van der Waals surface area contributed by atoms with Crippen LogP contribution in [0.5, 0.6) is 0 Å². The number of esters is 1. The average molecular weight is 252 g/mol. The van der Waals surface area contributed by atoms with Crippen LogP contribution in [0.1, 0.15) is 19.8 Å². The van der Waals surface area contributed by atoms with Crippen molar-refractivity contribution >= 4 is 35.1 Å².